The average Bonchev–Trinajstić information content (AvgIpc) is 2.70. The summed E-state index contributed by atoms with van der Waals surface area (Å²) in [6, 6.07) is 13.7. The van der Waals surface area contributed by atoms with Gasteiger partial charge in [0.2, 0.25) is 5.91 Å². The normalized spacial score (nSPS) is 10.5. The van der Waals surface area contributed by atoms with Gasteiger partial charge in [0.05, 0.1) is 35.5 Å². The highest BCUT2D eigenvalue weighted by Gasteiger charge is 2.17. The zero-order valence-electron chi connectivity index (χ0n) is 14.8. The molecule has 0 unspecified atom stereocenters. The standard InChI is InChI=1S/C19H15ClN4O3S/c1-27-16-5-3-2-4-15(16)24-18(26)13-7-6-12(20)10-14(13)23-19(24)28-11-17(25)22-9-8-21/h2-7,10H,9,11H2,1H3,(H,22,25). The molecule has 1 aromatic heterocycles. The van der Waals surface area contributed by atoms with E-state index in [1.807, 2.05) is 6.07 Å². The molecule has 1 heterocycles. The lowest BCUT2D eigenvalue weighted by atomic mass is 10.2. The number of carbonyl (C=O) groups is 1. The smallest absolute Gasteiger partial charge is 0.266 e. The van der Waals surface area contributed by atoms with E-state index in [1.54, 1.807) is 42.5 Å². The third-order valence-corrected chi connectivity index (χ3v) is 5.00. The van der Waals surface area contributed by atoms with Crippen molar-refractivity contribution in [2.75, 3.05) is 19.4 Å². The number of nitrogens with one attached hydrogen (secondary N) is 1. The summed E-state index contributed by atoms with van der Waals surface area (Å²) in [5, 5.41) is 12.2. The van der Waals surface area contributed by atoms with Crippen LogP contribution in [0.5, 0.6) is 5.75 Å². The molecular formula is C19H15ClN4O3S. The van der Waals surface area contributed by atoms with E-state index in [1.165, 1.54) is 11.7 Å². The molecule has 3 aromatic rings. The van der Waals surface area contributed by atoms with Crippen molar-refractivity contribution in [1.29, 1.82) is 5.26 Å². The minimum atomic E-state index is -0.335. The molecule has 1 amide bonds. The molecule has 0 fully saturated rings. The second kappa shape index (κ2) is 8.78. The molecule has 1 N–H and O–H groups in total. The molecule has 0 aliphatic carbocycles. The molecule has 0 bridgehead atoms. The number of aromatic nitrogens is 2. The Balaban J connectivity index is 2.15. The molecule has 2 aromatic carbocycles. The molecule has 0 saturated heterocycles. The molecule has 0 spiro atoms. The fraction of sp³-hybridized carbons (Fsp3) is 0.158. The van der Waals surface area contributed by atoms with Crippen molar-refractivity contribution < 1.29 is 9.53 Å². The number of thioether (sulfide) groups is 1. The third kappa shape index (κ3) is 4.11. The molecule has 28 heavy (non-hydrogen) atoms. The van der Waals surface area contributed by atoms with Gasteiger partial charge in [0.15, 0.2) is 5.16 Å². The van der Waals surface area contributed by atoms with Crippen molar-refractivity contribution in [1.82, 2.24) is 14.9 Å². The van der Waals surface area contributed by atoms with E-state index in [2.05, 4.69) is 10.3 Å². The molecule has 9 heteroatoms. The van der Waals surface area contributed by atoms with Gasteiger partial charge in [-0.2, -0.15) is 5.26 Å². The van der Waals surface area contributed by atoms with E-state index in [4.69, 9.17) is 21.6 Å². The Morgan fingerprint density at radius 1 is 1.36 bits per heavy atom. The van der Waals surface area contributed by atoms with Crippen LogP contribution in [0, 0.1) is 11.3 Å². The first-order valence-corrected chi connectivity index (χ1v) is 9.53. The fourth-order valence-corrected chi connectivity index (χ4v) is 3.58. The van der Waals surface area contributed by atoms with Crippen molar-refractivity contribution in [3.8, 4) is 17.5 Å². The lowest BCUT2D eigenvalue weighted by Crippen LogP contribution is -2.27. The monoisotopic (exact) mass is 414 g/mol. The Morgan fingerprint density at radius 2 is 2.14 bits per heavy atom. The van der Waals surface area contributed by atoms with E-state index >= 15 is 0 Å². The van der Waals surface area contributed by atoms with Crippen LogP contribution >= 0.6 is 23.4 Å². The van der Waals surface area contributed by atoms with Crippen LogP contribution < -0.4 is 15.6 Å². The number of carbonyl (C=O) groups excluding carboxylic acids is 1. The molecule has 0 atom stereocenters. The maximum Gasteiger partial charge on any atom is 0.266 e. The molecular weight excluding hydrogens is 400 g/mol. The molecule has 0 aliphatic heterocycles. The van der Waals surface area contributed by atoms with Gasteiger partial charge in [-0.1, -0.05) is 35.5 Å². The Kier molecular flexibility index (Phi) is 6.19. The van der Waals surface area contributed by atoms with E-state index in [0.717, 1.165) is 11.8 Å². The third-order valence-electron chi connectivity index (χ3n) is 3.82. The highest BCUT2D eigenvalue weighted by molar-refractivity contribution is 7.99. The number of hydrogen-bond acceptors (Lipinski definition) is 6. The number of para-hydroxylation sites is 2. The lowest BCUT2D eigenvalue weighted by molar-refractivity contribution is -0.118. The van der Waals surface area contributed by atoms with Crippen LogP contribution in [0.25, 0.3) is 16.6 Å². The van der Waals surface area contributed by atoms with Gasteiger partial charge in [-0.15, -0.1) is 0 Å². The first-order valence-electron chi connectivity index (χ1n) is 8.17. The fourth-order valence-electron chi connectivity index (χ4n) is 2.58. The molecule has 3 rings (SSSR count). The number of methoxy groups -OCH3 is 1. The van der Waals surface area contributed by atoms with Gasteiger partial charge in [-0.3, -0.25) is 14.2 Å². The summed E-state index contributed by atoms with van der Waals surface area (Å²) in [7, 11) is 1.51. The van der Waals surface area contributed by atoms with Gasteiger partial charge in [-0.25, -0.2) is 4.98 Å². The van der Waals surface area contributed by atoms with Crippen LogP contribution in [0.3, 0.4) is 0 Å². The van der Waals surface area contributed by atoms with Crippen LogP contribution in [0.4, 0.5) is 0 Å². The Bertz CT molecular complexity index is 1140. The zero-order valence-corrected chi connectivity index (χ0v) is 16.4. The summed E-state index contributed by atoms with van der Waals surface area (Å²) in [5.74, 6) is 0.157. The van der Waals surface area contributed by atoms with Crippen molar-refractivity contribution in [3.05, 3.63) is 57.8 Å². The van der Waals surface area contributed by atoms with E-state index in [0.29, 0.717) is 32.5 Å². The van der Waals surface area contributed by atoms with Crippen LogP contribution in [0.2, 0.25) is 5.02 Å². The number of halogens is 1. The molecule has 142 valence electrons. The Labute approximate surface area is 169 Å². The largest absolute Gasteiger partial charge is 0.495 e. The summed E-state index contributed by atoms with van der Waals surface area (Å²) in [5.41, 5.74) is 0.647. The van der Waals surface area contributed by atoms with Crippen molar-refractivity contribution in [2.24, 2.45) is 0 Å². The van der Waals surface area contributed by atoms with Crippen molar-refractivity contribution in [2.45, 2.75) is 5.16 Å². The number of nitrogens with zero attached hydrogens (tertiary/aromatic N) is 3. The van der Waals surface area contributed by atoms with Gasteiger partial charge in [0, 0.05) is 5.02 Å². The molecule has 0 radical (unpaired) electrons. The summed E-state index contributed by atoms with van der Waals surface area (Å²) in [4.78, 5) is 29.7. The van der Waals surface area contributed by atoms with E-state index in [9.17, 15) is 9.59 Å². The average molecular weight is 415 g/mol. The van der Waals surface area contributed by atoms with Gasteiger partial charge in [0.25, 0.3) is 5.56 Å². The summed E-state index contributed by atoms with van der Waals surface area (Å²) < 4.78 is 6.80. The first kappa shape index (κ1) is 19.7. The number of rotatable bonds is 6. The Morgan fingerprint density at radius 3 is 2.89 bits per heavy atom. The van der Waals surface area contributed by atoms with Gasteiger partial charge >= 0.3 is 0 Å². The molecule has 0 saturated carbocycles. The minimum absolute atomic E-state index is 0.00462. The van der Waals surface area contributed by atoms with E-state index in [-0.39, 0.29) is 23.8 Å². The second-order valence-electron chi connectivity index (χ2n) is 5.59. The number of ether oxygens (including phenoxy) is 1. The Hall–Kier alpha value is -3.02. The van der Waals surface area contributed by atoms with Crippen LogP contribution in [-0.2, 0) is 4.79 Å². The number of hydrogen-bond donors (Lipinski definition) is 1. The van der Waals surface area contributed by atoms with E-state index < -0.39 is 0 Å². The van der Waals surface area contributed by atoms with Gasteiger partial charge in [0.1, 0.15) is 12.3 Å². The lowest BCUT2D eigenvalue weighted by Gasteiger charge is -2.15. The maximum absolute atomic E-state index is 13.2. The number of benzene rings is 2. The van der Waals surface area contributed by atoms with Crippen molar-refractivity contribution in [3.63, 3.8) is 0 Å². The molecule has 0 aliphatic rings. The van der Waals surface area contributed by atoms with Gasteiger partial charge < -0.3 is 10.1 Å². The summed E-state index contributed by atoms with van der Waals surface area (Å²) in [6.45, 7) is -0.0839. The van der Waals surface area contributed by atoms with Crippen LogP contribution in [0.15, 0.2) is 52.4 Å². The van der Waals surface area contributed by atoms with Crippen LogP contribution in [-0.4, -0.2) is 34.9 Å². The quantitative estimate of drug-likeness (QED) is 0.378. The summed E-state index contributed by atoms with van der Waals surface area (Å²) in [6.07, 6.45) is 0. The first-order chi connectivity index (χ1) is 13.5. The van der Waals surface area contributed by atoms with Gasteiger partial charge in [-0.05, 0) is 30.3 Å². The number of fused-ring (bicyclic) bond motifs is 1. The SMILES string of the molecule is COc1ccccc1-n1c(SCC(=O)NCC#N)nc2cc(Cl)ccc2c1=O. The van der Waals surface area contributed by atoms with Crippen molar-refractivity contribution >= 4 is 40.2 Å². The highest BCUT2D eigenvalue weighted by Crippen LogP contribution is 2.27. The number of amides is 1. The maximum atomic E-state index is 13.2. The number of nitriles is 1. The topological polar surface area (TPSA) is 97.0 Å². The zero-order chi connectivity index (χ0) is 20.1. The predicted molar refractivity (Wildman–Crippen MR) is 108 cm³/mol. The highest BCUT2D eigenvalue weighted by atomic mass is 35.5. The predicted octanol–water partition coefficient (Wildman–Crippen LogP) is 2.78. The van der Waals surface area contributed by atoms with Crippen LogP contribution in [0.1, 0.15) is 0 Å². The second-order valence-corrected chi connectivity index (χ2v) is 6.97. The summed E-state index contributed by atoms with van der Waals surface area (Å²) >= 11 is 7.13. The molecule has 7 nitrogen and oxygen atoms in total. The minimum Gasteiger partial charge on any atom is -0.495 e.